The Labute approximate surface area is 145 Å². The molecular formula is C17H18FN3O2S. The first kappa shape index (κ1) is 17.7. The normalized spacial score (nSPS) is 10.0. The zero-order chi connectivity index (χ0) is 17.7. The van der Waals surface area contributed by atoms with Crippen molar-refractivity contribution < 1.29 is 13.9 Å². The van der Waals surface area contributed by atoms with Crippen LogP contribution in [0.15, 0.2) is 36.4 Å². The second-order valence-corrected chi connectivity index (χ2v) is 5.55. The minimum absolute atomic E-state index is 0.179. The molecule has 7 heteroatoms. The fourth-order valence-corrected chi connectivity index (χ4v) is 2.27. The van der Waals surface area contributed by atoms with Crippen LogP contribution < -0.4 is 20.7 Å². The molecule has 0 aliphatic rings. The van der Waals surface area contributed by atoms with Crippen LogP contribution in [0, 0.1) is 12.7 Å². The molecule has 0 aliphatic heterocycles. The lowest BCUT2D eigenvalue weighted by Gasteiger charge is -2.15. The molecule has 0 bridgehead atoms. The Balaban J connectivity index is 2.14. The standard InChI is InChI=1S/C17H18FN3O2S/c1-10-4-5-12(8-14(10)18)20-17(24)21-15-9-13(19-11(2)22)6-7-16(15)23-3/h4-9H,1-3H3,(H,19,22)(H2,20,21,24). The van der Waals surface area contributed by atoms with Crippen LogP contribution >= 0.6 is 12.2 Å². The third kappa shape index (κ3) is 4.66. The molecule has 2 aromatic carbocycles. The number of halogens is 1. The molecule has 126 valence electrons. The number of amides is 1. The monoisotopic (exact) mass is 347 g/mol. The molecule has 0 atom stereocenters. The van der Waals surface area contributed by atoms with Crippen LogP contribution in [0.3, 0.4) is 0 Å². The second-order valence-electron chi connectivity index (χ2n) is 5.14. The average Bonchev–Trinajstić information content (AvgIpc) is 2.50. The molecule has 0 aliphatic carbocycles. The van der Waals surface area contributed by atoms with Gasteiger partial charge in [0.25, 0.3) is 0 Å². The van der Waals surface area contributed by atoms with Gasteiger partial charge in [-0.25, -0.2) is 4.39 Å². The molecule has 0 spiro atoms. The van der Waals surface area contributed by atoms with Gasteiger partial charge in [0.1, 0.15) is 11.6 Å². The molecule has 3 N–H and O–H groups in total. The van der Waals surface area contributed by atoms with Crippen LogP contribution in [0.25, 0.3) is 0 Å². The van der Waals surface area contributed by atoms with Gasteiger partial charge in [-0.3, -0.25) is 4.79 Å². The lowest BCUT2D eigenvalue weighted by Crippen LogP contribution is -2.20. The van der Waals surface area contributed by atoms with E-state index in [1.54, 1.807) is 37.3 Å². The van der Waals surface area contributed by atoms with Gasteiger partial charge in [-0.2, -0.15) is 0 Å². The number of hydrogen-bond acceptors (Lipinski definition) is 3. The molecule has 1 amide bonds. The fraction of sp³-hybridized carbons (Fsp3) is 0.176. The van der Waals surface area contributed by atoms with Crippen LogP contribution in [0.5, 0.6) is 5.75 Å². The number of benzene rings is 2. The number of hydrogen-bond donors (Lipinski definition) is 3. The van der Waals surface area contributed by atoms with Crippen LogP contribution in [-0.4, -0.2) is 18.1 Å². The summed E-state index contributed by atoms with van der Waals surface area (Å²) in [7, 11) is 1.53. The number of nitrogens with one attached hydrogen (secondary N) is 3. The number of carbonyl (C=O) groups excluding carboxylic acids is 1. The fourth-order valence-electron chi connectivity index (χ4n) is 2.04. The summed E-state index contributed by atoms with van der Waals surface area (Å²) in [5, 5.41) is 8.85. The third-order valence-electron chi connectivity index (χ3n) is 3.20. The lowest BCUT2D eigenvalue weighted by atomic mass is 10.2. The first-order valence-corrected chi connectivity index (χ1v) is 7.59. The van der Waals surface area contributed by atoms with Crippen molar-refractivity contribution in [2.45, 2.75) is 13.8 Å². The number of ether oxygens (including phenoxy) is 1. The molecule has 0 fully saturated rings. The van der Waals surface area contributed by atoms with Gasteiger partial charge < -0.3 is 20.7 Å². The summed E-state index contributed by atoms with van der Waals surface area (Å²) in [5.74, 6) is 0.0679. The Morgan fingerprint density at radius 3 is 2.38 bits per heavy atom. The zero-order valence-corrected chi connectivity index (χ0v) is 14.4. The van der Waals surface area contributed by atoms with Gasteiger partial charge in [0.2, 0.25) is 5.91 Å². The van der Waals surface area contributed by atoms with Crippen LogP contribution in [0.1, 0.15) is 12.5 Å². The van der Waals surface area contributed by atoms with Crippen molar-refractivity contribution in [3.05, 3.63) is 47.8 Å². The van der Waals surface area contributed by atoms with E-state index in [1.165, 1.54) is 20.1 Å². The minimum atomic E-state index is -0.312. The molecule has 0 radical (unpaired) electrons. The van der Waals surface area contributed by atoms with Gasteiger partial charge in [0, 0.05) is 18.3 Å². The number of thiocarbonyl (C=S) groups is 1. The van der Waals surface area contributed by atoms with E-state index in [9.17, 15) is 9.18 Å². The first-order valence-electron chi connectivity index (χ1n) is 7.19. The highest BCUT2D eigenvalue weighted by Crippen LogP contribution is 2.28. The number of anilines is 3. The number of rotatable bonds is 4. The third-order valence-corrected chi connectivity index (χ3v) is 3.40. The molecule has 2 aromatic rings. The average molecular weight is 347 g/mol. The summed E-state index contributed by atoms with van der Waals surface area (Å²) >= 11 is 5.25. The quantitative estimate of drug-likeness (QED) is 0.732. The predicted molar refractivity (Wildman–Crippen MR) is 98.3 cm³/mol. The summed E-state index contributed by atoms with van der Waals surface area (Å²) < 4.78 is 18.9. The van der Waals surface area contributed by atoms with Gasteiger partial charge in [-0.1, -0.05) is 6.07 Å². The Morgan fingerprint density at radius 2 is 1.75 bits per heavy atom. The molecule has 0 heterocycles. The number of methoxy groups -OCH3 is 1. The van der Waals surface area contributed by atoms with Crippen LogP contribution in [0.4, 0.5) is 21.5 Å². The molecule has 24 heavy (non-hydrogen) atoms. The molecule has 5 nitrogen and oxygen atoms in total. The van der Waals surface area contributed by atoms with Gasteiger partial charge in [-0.05, 0) is 55.0 Å². The zero-order valence-electron chi connectivity index (χ0n) is 13.6. The highest BCUT2D eigenvalue weighted by Gasteiger charge is 2.08. The second kappa shape index (κ2) is 7.74. The Morgan fingerprint density at radius 1 is 1.08 bits per heavy atom. The summed E-state index contributed by atoms with van der Waals surface area (Å²) in [6, 6.07) is 9.90. The van der Waals surface area contributed by atoms with Crippen molar-refractivity contribution >= 4 is 40.3 Å². The summed E-state index contributed by atoms with van der Waals surface area (Å²) in [6.45, 7) is 3.11. The maximum absolute atomic E-state index is 13.6. The van der Waals surface area contributed by atoms with E-state index in [0.29, 0.717) is 28.4 Å². The van der Waals surface area contributed by atoms with E-state index in [4.69, 9.17) is 17.0 Å². The summed E-state index contributed by atoms with van der Waals surface area (Å²) in [6.07, 6.45) is 0. The van der Waals surface area contributed by atoms with Crippen molar-refractivity contribution in [2.75, 3.05) is 23.1 Å². The molecule has 0 saturated carbocycles. The van der Waals surface area contributed by atoms with Crippen molar-refractivity contribution in [3.8, 4) is 5.75 Å². The van der Waals surface area contributed by atoms with E-state index >= 15 is 0 Å². The largest absolute Gasteiger partial charge is 0.495 e. The molecule has 2 rings (SSSR count). The van der Waals surface area contributed by atoms with Crippen molar-refractivity contribution in [2.24, 2.45) is 0 Å². The van der Waals surface area contributed by atoms with Crippen molar-refractivity contribution in [1.82, 2.24) is 0 Å². The lowest BCUT2D eigenvalue weighted by molar-refractivity contribution is -0.114. The highest BCUT2D eigenvalue weighted by atomic mass is 32.1. The summed E-state index contributed by atoms with van der Waals surface area (Å²) in [5.41, 5.74) is 2.28. The summed E-state index contributed by atoms with van der Waals surface area (Å²) in [4.78, 5) is 11.2. The minimum Gasteiger partial charge on any atom is -0.495 e. The van der Waals surface area contributed by atoms with E-state index < -0.39 is 0 Å². The maximum Gasteiger partial charge on any atom is 0.221 e. The molecular weight excluding hydrogens is 329 g/mol. The van der Waals surface area contributed by atoms with Crippen LogP contribution in [0.2, 0.25) is 0 Å². The van der Waals surface area contributed by atoms with E-state index in [1.807, 2.05) is 0 Å². The van der Waals surface area contributed by atoms with Crippen LogP contribution in [-0.2, 0) is 4.79 Å². The molecule has 0 aromatic heterocycles. The smallest absolute Gasteiger partial charge is 0.221 e. The Hall–Kier alpha value is -2.67. The van der Waals surface area contributed by atoms with Gasteiger partial charge in [0.15, 0.2) is 5.11 Å². The maximum atomic E-state index is 13.6. The van der Waals surface area contributed by atoms with E-state index in [2.05, 4.69) is 16.0 Å². The van der Waals surface area contributed by atoms with E-state index in [0.717, 1.165) is 0 Å². The Kier molecular flexibility index (Phi) is 5.70. The highest BCUT2D eigenvalue weighted by molar-refractivity contribution is 7.80. The molecule has 0 saturated heterocycles. The van der Waals surface area contributed by atoms with Crippen molar-refractivity contribution in [1.29, 1.82) is 0 Å². The number of carbonyl (C=O) groups is 1. The topological polar surface area (TPSA) is 62.4 Å². The SMILES string of the molecule is COc1ccc(NC(C)=O)cc1NC(=S)Nc1ccc(C)c(F)c1. The first-order chi connectivity index (χ1) is 11.4. The predicted octanol–water partition coefficient (Wildman–Crippen LogP) is 3.91. The van der Waals surface area contributed by atoms with Gasteiger partial charge >= 0.3 is 0 Å². The molecule has 0 unspecified atom stereocenters. The van der Waals surface area contributed by atoms with Gasteiger partial charge in [-0.15, -0.1) is 0 Å². The van der Waals surface area contributed by atoms with Gasteiger partial charge in [0.05, 0.1) is 12.8 Å². The number of aryl methyl sites for hydroxylation is 1. The van der Waals surface area contributed by atoms with E-state index in [-0.39, 0.29) is 16.8 Å². The Bertz CT molecular complexity index is 780. The van der Waals surface area contributed by atoms with Crippen molar-refractivity contribution in [3.63, 3.8) is 0 Å².